The zero-order chi connectivity index (χ0) is 35.2. The van der Waals surface area contributed by atoms with Crippen molar-refractivity contribution in [2.24, 2.45) is 0 Å². The van der Waals surface area contributed by atoms with Crippen molar-refractivity contribution in [1.82, 2.24) is 0 Å². The van der Waals surface area contributed by atoms with E-state index < -0.39 is 11.7 Å². The Bertz CT molecular complexity index is 1950. The van der Waals surface area contributed by atoms with Gasteiger partial charge in [-0.15, -0.1) is 6.58 Å². The molecule has 0 spiro atoms. The molecule has 256 valence electrons. The number of fused-ring (bicyclic) bond motifs is 7. The van der Waals surface area contributed by atoms with Gasteiger partial charge in [0.25, 0.3) is 0 Å². The van der Waals surface area contributed by atoms with E-state index in [0.29, 0.717) is 5.56 Å². The molecule has 1 aliphatic heterocycles. The predicted molar refractivity (Wildman–Crippen MR) is 204 cm³/mol. The lowest BCUT2D eigenvalue weighted by atomic mass is 9.82. The van der Waals surface area contributed by atoms with Crippen LogP contribution in [0.15, 0.2) is 104 Å². The van der Waals surface area contributed by atoms with Crippen molar-refractivity contribution >= 4 is 27.1 Å². The maximum absolute atomic E-state index is 14.1. The van der Waals surface area contributed by atoms with Crippen LogP contribution < -0.4 is 0 Å². The van der Waals surface area contributed by atoms with E-state index >= 15 is 0 Å². The quantitative estimate of drug-likeness (QED) is 0.109. The van der Waals surface area contributed by atoms with Crippen molar-refractivity contribution in [3.05, 3.63) is 126 Å². The Labute approximate surface area is 291 Å². The molecule has 6 rings (SSSR count). The Morgan fingerprint density at radius 1 is 0.755 bits per heavy atom. The van der Waals surface area contributed by atoms with Gasteiger partial charge in [-0.3, -0.25) is 0 Å². The summed E-state index contributed by atoms with van der Waals surface area (Å²) in [4.78, 5) is 0. The first-order valence-corrected chi connectivity index (χ1v) is 18.0. The summed E-state index contributed by atoms with van der Waals surface area (Å²) in [5.41, 5.74) is 8.52. The normalized spacial score (nSPS) is 14.1. The van der Waals surface area contributed by atoms with Gasteiger partial charge in [0, 0.05) is 22.3 Å². The zero-order valence-corrected chi connectivity index (χ0v) is 29.9. The van der Waals surface area contributed by atoms with E-state index in [1.807, 2.05) is 19.1 Å². The molecule has 0 aliphatic carbocycles. The fraction of sp³-hybridized carbons (Fsp3) is 0.333. The van der Waals surface area contributed by atoms with E-state index in [-0.39, 0.29) is 0 Å². The maximum Gasteiger partial charge on any atom is 0.416 e. The van der Waals surface area contributed by atoms with Crippen molar-refractivity contribution < 1.29 is 17.7 Å². The number of quaternary nitrogens is 1. The number of nitrogens with zero attached hydrogens (tertiary/aromatic N) is 1. The van der Waals surface area contributed by atoms with Crippen LogP contribution in [0.4, 0.5) is 13.2 Å². The van der Waals surface area contributed by atoms with Gasteiger partial charge in [-0.25, -0.2) is 0 Å². The lowest BCUT2D eigenvalue weighted by molar-refractivity contribution is -0.953. The van der Waals surface area contributed by atoms with Crippen LogP contribution in [-0.2, 0) is 19.3 Å². The summed E-state index contributed by atoms with van der Waals surface area (Å²) in [5, 5.41) is 4.63. The molecular formula is C45H51F3N+. The maximum atomic E-state index is 14.1. The minimum absolute atomic E-state index is 0.605. The van der Waals surface area contributed by atoms with Gasteiger partial charge >= 0.3 is 6.18 Å². The van der Waals surface area contributed by atoms with Gasteiger partial charge in [0.15, 0.2) is 0 Å². The number of rotatable bonds is 9. The summed E-state index contributed by atoms with van der Waals surface area (Å²) >= 11 is 0. The monoisotopic (exact) mass is 662 g/mol. The van der Waals surface area contributed by atoms with Gasteiger partial charge in [-0.2, -0.15) is 13.2 Å². The largest absolute Gasteiger partial charge is 0.416 e. The van der Waals surface area contributed by atoms with Gasteiger partial charge in [0.2, 0.25) is 0 Å². The van der Waals surface area contributed by atoms with Crippen LogP contribution in [-0.4, -0.2) is 17.6 Å². The predicted octanol–water partition coefficient (Wildman–Crippen LogP) is 13.8. The van der Waals surface area contributed by atoms with Gasteiger partial charge in [0.1, 0.15) is 13.1 Å². The molecule has 49 heavy (non-hydrogen) atoms. The fourth-order valence-corrected chi connectivity index (χ4v) is 7.71. The van der Waals surface area contributed by atoms with Crippen molar-refractivity contribution in [2.45, 2.75) is 86.0 Å². The Morgan fingerprint density at radius 3 is 1.88 bits per heavy atom. The average molecular weight is 663 g/mol. The van der Waals surface area contributed by atoms with Crippen LogP contribution in [0.25, 0.3) is 49.4 Å². The van der Waals surface area contributed by atoms with E-state index in [1.165, 1.54) is 61.7 Å². The van der Waals surface area contributed by atoms with Crippen LogP contribution in [0.5, 0.6) is 0 Å². The average Bonchev–Trinajstić information content (AvgIpc) is 3.25. The molecule has 0 atom stereocenters. The highest BCUT2D eigenvalue weighted by Gasteiger charge is 2.38. The molecule has 1 nitrogen and oxygen atoms in total. The van der Waals surface area contributed by atoms with Crippen molar-refractivity contribution in [3.8, 4) is 22.3 Å². The third kappa shape index (κ3) is 7.55. The summed E-state index contributed by atoms with van der Waals surface area (Å²) in [6.07, 6.45) is 5.04. The number of hydrogen-bond donors (Lipinski definition) is 0. The van der Waals surface area contributed by atoms with Gasteiger partial charge in [0.05, 0.1) is 18.7 Å². The molecule has 4 heteroatoms. The third-order valence-corrected chi connectivity index (χ3v) is 9.96. The van der Waals surface area contributed by atoms with Crippen LogP contribution in [0.1, 0.15) is 89.0 Å². The SMILES string of the molecule is C=CC.CC/C=C(\C)c1cc2ccccc2c2c1C[N+](CCCC)(CCCC)Cc1c(-c3cccc(C(F)(F)F)c3)cc3ccccc3c1-2. The number of halogens is 3. The lowest BCUT2D eigenvalue weighted by Gasteiger charge is -2.39. The second kappa shape index (κ2) is 15.6. The topological polar surface area (TPSA) is 0 Å². The first kappa shape index (κ1) is 36.1. The second-order valence-electron chi connectivity index (χ2n) is 13.6. The highest BCUT2D eigenvalue weighted by molar-refractivity contribution is 6.11. The number of unbranched alkanes of at least 4 members (excludes halogenated alkanes) is 2. The molecule has 0 saturated heterocycles. The Balaban J connectivity index is 0.00000151. The van der Waals surface area contributed by atoms with E-state index in [4.69, 9.17) is 0 Å². The summed E-state index contributed by atoms with van der Waals surface area (Å²) in [7, 11) is 0. The van der Waals surface area contributed by atoms with Crippen molar-refractivity contribution in [2.75, 3.05) is 13.1 Å². The number of alkyl halides is 3. The number of hydrogen-bond acceptors (Lipinski definition) is 0. The fourth-order valence-electron chi connectivity index (χ4n) is 7.71. The molecule has 0 fully saturated rings. The second-order valence-corrected chi connectivity index (χ2v) is 13.6. The Hall–Kier alpha value is -4.15. The molecule has 5 aromatic carbocycles. The number of benzene rings is 5. The number of allylic oxidation sites excluding steroid dienone is 3. The molecule has 0 amide bonds. The highest BCUT2D eigenvalue weighted by atomic mass is 19.4. The van der Waals surface area contributed by atoms with Crippen molar-refractivity contribution in [3.63, 3.8) is 0 Å². The lowest BCUT2D eigenvalue weighted by Crippen LogP contribution is -2.47. The molecule has 0 N–H and O–H groups in total. The van der Waals surface area contributed by atoms with Crippen molar-refractivity contribution in [1.29, 1.82) is 0 Å². The molecule has 0 saturated carbocycles. The van der Waals surface area contributed by atoms with Gasteiger partial charge in [-0.1, -0.05) is 106 Å². The van der Waals surface area contributed by atoms with E-state index in [9.17, 15) is 13.2 Å². The first-order valence-electron chi connectivity index (χ1n) is 18.0. The molecular weight excluding hydrogens is 611 g/mol. The van der Waals surface area contributed by atoms with Crippen LogP contribution >= 0.6 is 0 Å². The molecule has 0 bridgehead atoms. The standard InChI is InChI=1S/C42H45F3N.C3H6/c1-5-8-22-46(23-9-6-2)27-38-36(29(4)15-7-3)25-31-16-10-12-20-34(31)40(38)41-35-21-13-11-17-32(35)26-37(39(41)28-46)30-18-14-19-33(24-30)42(43,44)45;1-3-2/h10-21,24-26H,5-9,22-23,27-28H2,1-4H3;3H,1H2,2H3/q+1;/b29-15+;. The van der Waals surface area contributed by atoms with Crippen LogP contribution in [0.3, 0.4) is 0 Å². The van der Waals surface area contributed by atoms with E-state index in [2.05, 4.69) is 94.9 Å². The smallest absolute Gasteiger partial charge is 0.316 e. The minimum Gasteiger partial charge on any atom is -0.316 e. The summed E-state index contributed by atoms with van der Waals surface area (Å²) in [6.45, 7) is 17.9. The first-order chi connectivity index (χ1) is 23.6. The molecule has 1 heterocycles. The van der Waals surface area contributed by atoms with Crippen LogP contribution in [0.2, 0.25) is 0 Å². The van der Waals surface area contributed by atoms with Gasteiger partial charge in [-0.05, 0) is 101 Å². The molecule has 0 aromatic heterocycles. The van der Waals surface area contributed by atoms with Crippen LogP contribution in [0, 0.1) is 0 Å². The summed E-state index contributed by atoms with van der Waals surface area (Å²) in [5.74, 6) is 0. The Morgan fingerprint density at radius 2 is 1.31 bits per heavy atom. The van der Waals surface area contributed by atoms with E-state index in [0.717, 1.165) is 73.7 Å². The Kier molecular flexibility index (Phi) is 11.5. The van der Waals surface area contributed by atoms with Gasteiger partial charge < -0.3 is 4.48 Å². The zero-order valence-electron chi connectivity index (χ0n) is 29.9. The molecule has 5 aromatic rings. The third-order valence-electron chi connectivity index (χ3n) is 9.96. The van der Waals surface area contributed by atoms with E-state index in [1.54, 1.807) is 12.1 Å². The minimum atomic E-state index is -4.41. The molecule has 1 aliphatic rings. The summed E-state index contributed by atoms with van der Waals surface area (Å²) < 4.78 is 43.2. The molecule has 0 radical (unpaired) electrons. The summed E-state index contributed by atoms with van der Waals surface area (Å²) in [6, 6.07) is 27.6. The molecule has 0 unspecified atom stereocenters. The highest BCUT2D eigenvalue weighted by Crippen LogP contribution is 2.49.